The lowest BCUT2D eigenvalue weighted by Crippen LogP contribution is -2.42. The van der Waals surface area contributed by atoms with Gasteiger partial charge in [-0.3, -0.25) is 9.59 Å². The summed E-state index contributed by atoms with van der Waals surface area (Å²) in [6.45, 7) is 0.807. The SMILES string of the molecule is O=C(COc1ccc(Cl)cc1)NCc1nc2ccccc2n1CC(=O)N(Cc1ccccc1)C1CCCCC1. The van der Waals surface area contributed by atoms with Crippen LogP contribution in [0.2, 0.25) is 5.02 Å². The summed E-state index contributed by atoms with van der Waals surface area (Å²) < 4.78 is 7.49. The van der Waals surface area contributed by atoms with E-state index in [1.54, 1.807) is 24.3 Å². The summed E-state index contributed by atoms with van der Waals surface area (Å²) in [6.07, 6.45) is 5.57. The van der Waals surface area contributed by atoms with Gasteiger partial charge in [0, 0.05) is 17.6 Å². The standard InChI is InChI=1S/C31H33ClN4O3/c32-24-15-17-26(18-16-24)39-22-30(37)33-19-29-34-27-13-7-8-14-28(27)36(29)21-31(38)35(25-11-5-2-6-12-25)20-23-9-3-1-4-10-23/h1,3-4,7-10,13-18,25H,2,5-6,11-12,19-22H2,(H,33,37). The predicted molar refractivity (Wildman–Crippen MR) is 152 cm³/mol. The van der Waals surface area contributed by atoms with Crippen LogP contribution in [0, 0.1) is 0 Å². The second-order valence-corrected chi connectivity index (χ2v) is 10.4. The summed E-state index contributed by atoms with van der Waals surface area (Å²) in [4.78, 5) is 33.2. The van der Waals surface area contributed by atoms with Crippen molar-refractivity contribution in [3.63, 3.8) is 0 Å². The van der Waals surface area contributed by atoms with Gasteiger partial charge in [0.15, 0.2) is 6.61 Å². The summed E-state index contributed by atoms with van der Waals surface area (Å²) >= 11 is 5.91. The minimum atomic E-state index is -0.275. The Bertz CT molecular complexity index is 1400. The molecular weight excluding hydrogens is 512 g/mol. The van der Waals surface area contributed by atoms with Crippen LogP contribution in [-0.4, -0.2) is 38.9 Å². The van der Waals surface area contributed by atoms with Gasteiger partial charge in [0.25, 0.3) is 5.91 Å². The predicted octanol–water partition coefficient (Wildman–Crippen LogP) is 5.75. The highest BCUT2D eigenvalue weighted by Crippen LogP contribution is 2.25. The fourth-order valence-electron chi connectivity index (χ4n) is 5.16. The molecule has 1 aromatic heterocycles. The van der Waals surface area contributed by atoms with Crippen molar-refractivity contribution in [1.29, 1.82) is 0 Å². The topological polar surface area (TPSA) is 76.5 Å². The lowest BCUT2D eigenvalue weighted by Gasteiger charge is -2.35. The van der Waals surface area contributed by atoms with Crippen LogP contribution in [0.4, 0.5) is 0 Å². The van der Waals surface area contributed by atoms with Gasteiger partial charge in [0.05, 0.1) is 17.6 Å². The van der Waals surface area contributed by atoms with E-state index in [0.717, 1.165) is 42.3 Å². The molecule has 1 aliphatic rings. The highest BCUT2D eigenvalue weighted by molar-refractivity contribution is 6.30. The van der Waals surface area contributed by atoms with Gasteiger partial charge in [0.2, 0.25) is 5.91 Å². The first kappa shape index (κ1) is 26.8. The number of carbonyl (C=O) groups excluding carboxylic acids is 2. The lowest BCUT2D eigenvalue weighted by molar-refractivity contribution is -0.135. The number of para-hydroxylation sites is 2. The summed E-state index contributed by atoms with van der Waals surface area (Å²) in [6, 6.07) is 25.0. The number of ether oxygens (including phenoxy) is 1. The number of hydrogen-bond donors (Lipinski definition) is 1. The number of fused-ring (bicyclic) bond motifs is 1. The van der Waals surface area contributed by atoms with Crippen molar-refractivity contribution in [1.82, 2.24) is 19.8 Å². The highest BCUT2D eigenvalue weighted by Gasteiger charge is 2.27. The van der Waals surface area contributed by atoms with E-state index in [1.165, 1.54) is 6.42 Å². The molecule has 0 radical (unpaired) electrons. The first-order chi connectivity index (χ1) is 19.1. The molecule has 39 heavy (non-hydrogen) atoms. The number of nitrogens with one attached hydrogen (secondary N) is 1. The first-order valence-electron chi connectivity index (χ1n) is 13.5. The van der Waals surface area contributed by atoms with Gasteiger partial charge in [-0.15, -0.1) is 0 Å². The van der Waals surface area contributed by atoms with Gasteiger partial charge >= 0.3 is 0 Å². The quantitative estimate of drug-likeness (QED) is 0.276. The maximum absolute atomic E-state index is 13.9. The van der Waals surface area contributed by atoms with Crippen LogP contribution in [0.1, 0.15) is 43.5 Å². The fraction of sp³-hybridized carbons (Fsp3) is 0.323. The molecule has 4 aromatic rings. The van der Waals surface area contributed by atoms with E-state index in [1.807, 2.05) is 51.9 Å². The molecule has 1 fully saturated rings. The summed E-state index contributed by atoms with van der Waals surface area (Å²) in [5, 5.41) is 3.49. The molecule has 8 heteroatoms. The van der Waals surface area contributed by atoms with Crippen molar-refractivity contribution < 1.29 is 14.3 Å². The molecular formula is C31H33ClN4O3. The molecule has 0 bridgehead atoms. The van der Waals surface area contributed by atoms with E-state index in [2.05, 4.69) is 17.4 Å². The van der Waals surface area contributed by atoms with Gasteiger partial charge in [0.1, 0.15) is 18.1 Å². The number of nitrogens with zero attached hydrogens (tertiary/aromatic N) is 3. The number of halogens is 1. The number of aromatic nitrogens is 2. The van der Waals surface area contributed by atoms with E-state index in [0.29, 0.717) is 23.1 Å². The molecule has 0 atom stereocenters. The molecule has 1 saturated carbocycles. The monoisotopic (exact) mass is 544 g/mol. The molecule has 0 saturated heterocycles. The van der Waals surface area contributed by atoms with Crippen LogP contribution < -0.4 is 10.1 Å². The maximum Gasteiger partial charge on any atom is 0.258 e. The van der Waals surface area contributed by atoms with Gasteiger partial charge in [-0.2, -0.15) is 0 Å². The van der Waals surface area contributed by atoms with Crippen molar-refractivity contribution >= 4 is 34.4 Å². The molecule has 1 heterocycles. The largest absolute Gasteiger partial charge is 0.484 e. The third-order valence-electron chi connectivity index (χ3n) is 7.19. The van der Waals surface area contributed by atoms with Crippen LogP contribution in [0.25, 0.3) is 11.0 Å². The van der Waals surface area contributed by atoms with Gasteiger partial charge in [-0.25, -0.2) is 4.98 Å². The highest BCUT2D eigenvalue weighted by atomic mass is 35.5. The third-order valence-corrected chi connectivity index (χ3v) is 7.44. The minimum absolute atomic E-state index is 0.0626. The number of hydrogen-bond acceptors (Lipinski definition) is 4. The van der Waals surface area contributed by atoms with Crippen molar-refractivity contribution in [3.8, 4) is 5.75 Å². The zero-order valence-electron chi connectivity index (χ0n) is 21.9. The van der Waals surface area contributed by atoms with E-state index in [4.69, 9.17) is 21.3 Å². The van der Waals surface area contributed by atoms with E-state index in [-0.39, 0.29) is 37.6 Å². The maximum atomic E-state index is 13.9. The number of carbonyl (C=O) groups is 2. The van der Waals surface area contributed by atoms with Crippen molar-refractivity contribution in [3.05, 3.63) is 95.3 Å². The molecule has 0 spiro atoms. The molecule has 1 aliphatic carbocycles. The molecule has 5 rings (SSSR count). The van der Waals surface area contributed by atoms with Crippen molar-refractivity contribution in [2.45, 2.75) is 57.8 Å². The van der Waals surface area contributed by atoms with Crippen LogP contribution in [-0.2, 0) is 29.2 Å². The summed E-state index contributed by atoms with van der Waals surface area (Å²) in [5.41, 5.74) is 2.79. The molecule has 202 valence electrons. The second-order valence-electron chi connectivity index (χ2n) is 9.92. The van der Waals surface area contributed by atoms with Crippen LogP contribution >= 0.6 is 11.6 Å². The average molecular weight is 545 g/mol. The molecule has 0 unspecified atom stereocenters. The number of imidazole rings is 1. The molecule has 3 aromatic carbocycles. The second kappa shape index (κ2) is 12.8. The van der Waals surface area contributed by atoms with Gasteiger partial charge in [-0.05, 0) is 54.8 Å². The van der Waals surface area contributed by atoms with Crippen LogP contribution in [0.15, 0.2) is 78.9 Å². The Morgan fingerprint density at radius 2 is 1.67 bits per heavy atom. The fourth-order valence-corrected chi connectivity index (χ4v) is 5.29. The number of rotatable bonds is 10. The Labute approximate surface area is 233 Å². The Kier molecular flexibility index (Phi) is 8.78. The first-order valence-corrected chi connectivity index (χ1v) is 13.9. The Hall–Kier alpha value is -3.84. The molecule has 7 nitrogen and oxygen atoms in total. The zero-order chi connectivity index (χ0) is 27.0. The Morgan fingerprint density at radius 3 is 2.44 bits per heavy atom. The van der Waals surface area contributed by atoms with Crippen molar-refractivity contribution in [2.75, 3.05) is 6.61 Å². The van der Waals surface area contributed by atoms with E-state index < -0.39 is 0 Å². The minimum Gasteiger partial charge on any atom is -0.484 e. The van der Waals surface area contributed by atoms with E-state index >= 15 is 0 Å². The van der Waals surface area contributed by atoms with Crippen molar-refractivity contribution in [2.24, 2.45) is 0 Å². The Balaban J connectivity index is 1.31. The number of amides is 2. The lowest BCUT2D eigenvalue weighted by atomic mass is 9.93. The normalized spacial score (nSPS) is 13.8. The Morgan fingerprint density at radius 1 is 0.949 bits per heavy atom. The molecule has 2 amide bonds. The van der Waals surface area contributed by atoms with E-state index in [9.17, 15) is 9.59 Å². The van der Waals surface area contributed by atoms with Gasteiger partial charge in [-0.1, -0.05) is 73.3 Å². The average Bonchev–Trinajstić information content (AvgIpc) is 3.32. The smallest absolute Gasteiger partial charge is 0.258 e. The number of benzene rings is 3. The summed E-state index contributed by atoms with van der Waals surface area (Å²) in [5.74, 6) is 0.983. The summed E-state index contributed by atoms with van der Waals surface area (Å²) in [7, 11) is 0. The van der Waals surface area contributed by atoms with Gasteiger partial charge < -0.3 is 19.5 Å². The zero-order valence-corrected chi connectivity index (χ0v) is 22.6. The molecule has 1 N–H and O–H groups in total. The molecule has 0 aliphatic heterocycles. The third kappa shape index (κ3) is 6.98. The van der Waals surface area contributed by atoms with Crippen LogP contribution in [0.5, 0.6) is 5.75 Å². The van der Waals surface area contributed by atoms with Crippen LogP contribution in [0.3, 0.4) is 0 Å².